The van der Waals surface area contributed by atoms with Crippen molar-refractivity contribution >= 4 is 11.5 Å². The van der Waals surface area contributed by atoms with Gasteiger partial charge in [-0.15, -0.1) is 0 Å². The molecule has 1 aromatic carbocycles. The fourth-order valence-corrected chi connectivity index (χ4v) is 6.33. The minimum Gasteiger partial charge on any atom is -0.439 e. The van der Waals surface area contributed by atoms with Crippen LogP contribution in [0.4, 0.5) is 0 Å². The van der Waals surface area contributed by atoms with Crippen LogP contribution in [0.25, 0.3) is 5.70 Å². The molecule has 0 aromatic heterocycles. The first-order valence-electron chi connectivity index (χ1n) is 15.7. The fraction of sp³-hybridized carbons (Fsp3) is 0.359. The van der Waals surface area contributed by atoms with Crippen LogP contribution in [0, 0.1) is 5.41 Å². The number of hydrogen-bond donors (Lipinski definition) is 1. The van der Waals surface area contributed by atoms with E-state index in [-0.39, 0.29) is 11.5 Å². The van der Waals surface area contributed by atoms with E-state index in [1.165, 1.54) is 27.9 Å². The van der Waals surface area contributed by atoms with E-state index in [9.17, 15) is 0 Å². The monoisotopic (exact) mass is 575 g/mol. The molecule has 1 aliphatic carbocycles. The number of fused-ring (bicyclic) bond motifs is 1. The summed E-state index contributed by atoms with van der Waals surface area (Å²) < 4.78 is 6.37. The third-order valence-corrected chi connectivity index (χ3v) is 8.83. The van der Waals surface area contributed by atoms with Crippen molar-refractivity contribution < 1.29 is 4.74 Å². The van der Waals surface area contributed by atoms with Gasteiger partial charge in [-0.3, -0.25) is 0 Å². The molecule has 0 fully saturated rings. The van der Waals surface area contributed by atoms with Gasteiger partial charge in [0, 0.05) is 22.4 Å². The van der Waals surface area contributed by atoms with Crippen LogP contribution in [0.3, 0.4) is 0 Å². The molecule has 226 valence electrons. The maximum Gasteiger partial charge on any atom is 0.216 e. The Balaban J connectivity index is 1.97. The largest absolute Gasteiger partial charge is 0.439 e. The average Bonchev–Trinajstić information content (AvgIpc) is 3.18. The Morgan fingerprint density at radius 1 is 1.14 bits per heavy atom. The van der Waals surface area contributed by atoms with Crippen molar-refractivity contribution in [2.24, 2.45) is 16.1 Å². The number of amidine groups is 1. The highest BCUT2D eigenvalue weighted by Crippen LogP contribution is 2.54. The molecule has 2 aliphatic heterocycles. The quantitative estimate of drug-likeness (QED) is 0.382. The van der Waals surface area contributed by atoms with E-state index in [1.54, 1.807) is 0 Å². The van der Waals surface area contributed by atoms with Crippen LogP contribution in [0.1, 0.15) is 86.1 Å². The number of allylic oxidation sites excluding steroid dienone is 12. The van der Waals surface area contributed by atoms with E-state index in [0.717, 1.165) is 49.2 Å². The molecule has 1 unspecified atom stereocenters. The highest BCUT2D eigenvalue weighted by molar-refractivity contribution is 5.96. The minimum atomic E-state index is -0.186. The second-order valence-corrected chi connectivity index (χ2v) is 12.0. The van der Waals surface area contributed by atoms with E-state index in [1.807, 2.05) is 55.5 Å². The van der Waals surface area contributed by atoms with Gasteiger partial charge in [-0.25, -0.2) is 0 Å². The molecule has 1 atom stereocenters. The van der Waals surface area contributed by atoms with Crippen molar-refractivity contribution in [2.45, 2.75) is 86.6 Å². The zero-order valence-electron chi connectivity index (χ0n) is 27.2. The first-order valence-corrected chi connectivity index (χ1v) is 15.7. The van der Waals surface area contributed by atoms with Crippen LogP contribution < -0.4 is 10.5 Å². The molecular formula is C39H49N3O. The van der Waals surface area contributed by atoms with Gasteiger partial charge in [0.1, 0.15) is 11.6 Å². The SMILES string of the molecule is C=C1C2=C(C(CCC)=C(C)C2(C)C)/C(=C/C)CCC/C=C\C=C/C(C)N1C1=N/C(=C\C)Oc2ccccc2/C(N)=C/C=C1. The number of rotatable bonds is 2. The molecule has 0 amide bonds. The lowest BCUT2D eigenvalue weighted by atomic mass is 9.78. The summed E-state index contributed by atoms with van der Waals surface area (Å²) in [7, 11) is 0. The third kappa shape index (κ3) is 6.64. The topological polar surface area (TPSA) is 50.8 Å². The Morgan fingerprint density at radius 2 is 1.91 bits per heavy atom. The van der Waals surface area contributed by atoms with Gasteiger partial charge < -0.3 is 15.4 Å². The zero-order chi connectivity index (χ0) is 31.1. The third-order valence-electron chi connectivity index (χ3n) is 8.83. The molecule has 0 saturated carbocycles. The van der Waals surface area contributed by atoms with Crippen molar-refractivity contribution in [3.05, 3.63) is 131 Å². The van der Waals surface area contributed by atoms with E-state index in [2.05, 4.69) is 76.8 Å². The fourth-order valence-electron chi connectivity index (χ4n) is 6.33. The predicted molar refractivity (Wildman–Crippen MR) is 184 cm³/mol. The Bertz CT molecular complexity index is 1520. The van der Waals surface area contributed by atoms with Gasteiger partial charge in [0.05, 0.1) is 6.04 Å². The summed E-state index contributed by atoms with van der Waals surface area (Å²) in [5.74, 6) is 1.92. The second kappa shape index (κ2) is 13.9. The lowest BCUT2D eigenvalue weighted by Crippen LogP contribution is -2.38. The normalized spacial score (nSPS) is 26.0. The molecule has 2 N–H and O–H groups in total. The molecule has 0 saturated heterocycles. The van der Waals surface area contributed by atoms with Gasteiger partial charge in [0.15, 0.2) is 0 Å². The number of hydrogen-bond acceptors (Lipinski definition) is 4. The predicted octanol–water partition coefficient (Wildman–Crippen LogP) is 10.1. The number of nitrogens with zero attached hydrogens (tertiary/aromatic N) is 2. The lowest BCUT2D eigenvalue weighted by Gasteiger charge is -2.37. The lowest BCUT2D eigenvalue weighted by molar-refractivity contribution is 0.407. The molecule has 0 radical (unpaired) electrons. The van der Waals surface area contributed by atoms with Crippen molar-refractivity contribution in [3.63, 3.8) is 0 Å². The zero-order valence-corrected chi connectivity index (χ0v) is 27.2. The van der Waals surface area contributed by atoms with Crippen LogP contribution in [0.2, 0.25) is 0 Å². The number of para-hydroxylation sites is 1. The Kier molecular flexibility index (Phi) is 10.3. The van der Waals surface area contributed by atoms with Gasteiger partial charge >= 0.3 is 0 Å². The first kappa shape index (κ1) is 31.9. The van der Waals surface area contributed by atoms with Crippen molar-refractivity contribution in [3.8, 4) is 5.75 Å². The smallest absolute Gasteiger partial charge is 0.216 e. The molecule has 2 heterocycles. The van der Waals surface area contributed by atoms with E-state index in [4.69, 9.17) is 22.0 Å². The minimum absolute atomic E-state index is 0.0369. The summed E-state index contributed by atoms with van der Waals surface area (Å²) in [4.78, 5) is 7.39. The standard InChI is InChI=1S/C39H49N3O/c1-9-20-31-28(5)39(7,8)38-29(6)42(27(4)21-15-13-12-14-16-22-30(10-2)37(31)38)35-26-19-24-33(40)32-23-17-18-25-34(32)43-36(11-3)41-35/h10-13,15,17-19,21,23-27H,6,9,14,16,20,22,40H2,1-5,7-8H3/b13-12-,21-15-,26-19?,30-10+,33-24-,36-11+,41-35?. The van der Waals surface area contributed by atoms with E-state index < -0.39 is 0 Å². The Hall–Kier alpha value is -4.05. The maximum absolute atomic E-state index is 6.53. The Morgan fingerprint density at radius 3 is 2.63 bits per heavy atom. The molecule has 4 heteroatoms. The van der Waals surface area contributed by atoms with Crippen molar-refractivity contribution in [1.29, 1.82) is 0 Å². The highest BCUT2D eigenvalue weighted by atomic mass is 16.5. The summed E-state index contributed by atoms with van der Waals surface area (Å²) >= 11 is 0. The van der Waals surface area contributed by atoms with Crippen LogP contribution in [0.15, 0.2) is 130 Å². The van der Waals surface area contributed by atoms with Gasteiger partial charge in [0.25, 0.3) is 0 Å². The molecule has 3 aliphatic rings. The van der Waals surface area contributed by atoms with Crippen LogP contribution >= 0.6 is 0 Å². The molecule has 1 aromatic rings. The summed E-state index contributed by atoms with van der Waals surface area (Å²) in [5.41, 5.74) is 15.7. The van der Waals surface area contributed by atoms with Crippen LogP contribution in [0.5, 0.6) is 5.75 Å². The molecule has 4 nitrogen and oxygen atoms in total. The van der Waals surface area contributed by atoms with Gasteiger partial charge in [-0.05, 0) is 106 Å². The summed E-state index contributed by atoms with van der Waals surface area (Å²) in [6.45, 7) is 20.5. The Labute approximate surface area is 259 Å². The number of aliphatic imine (C=N–C) groups is 1. The van der Waals surface area contributed by atoms with Gasteiger partial charge in [0.2, 0.25) is 5.88 Å². The highest BCUT2D eigenvalue weighted by Gasteiger charge is 2.41. The molecule has 4 rings (SSSR count). The van der Waals surface area contributed by atoms with Crippen LogP contribution in [-0.2, 0) is 0 Å². The first-order chi connectivity index (χ1) is 20.6. The molecular weight excluding hydrogens is 526 g/mol. The van der Waals surface area contributed by atoms with E-state index in [0.29, 0.717) is 17.3 Å². The number of benzene rings is 1. The molecule has 0 bridgehead atoms. The average molecular weight is 576 g/mol. The van der Waals surface area contributed by atoms with Gasteiger partial charge in [-0.1, -0.05) is 87.9 Å². The number of ether oxygens (including phenoxy) is 1. The second-order valence-electron chi connectivity index (χ2n) is 12.0. The van der Waals surface area contributed by atoms with E-state index >= 15 is 0 Å². The maximum atomic E-state index is 6.53. The van der Waals surface area contributed by atoms with Crippen molar-refractivity contribution in [2.75, 3.05) is 0 Å². The number of nitrogens with two attached hydrogens (primary N) is 1. The summed E-state index contributed by atoms with van der Waals surface area (Å²) in [5, 5.41) is 0. The van der Waals surface area contributed by atoms with Crippen LogP contribution in [-0.4, -0.2) is 16.8 Å². The molecule has 43 heavy (non-hydrogen) atoms. The van der Waals surface area contributed by atoms with Gasteiger partial charge in [-0.2, -0.15) is 4.99 Å². The van der Waals surface area contributed by atoms with Crippen molar-refractivity contribution in [1.82, 2.24) is 4.90 Å². The summed E-state index contributed by atoms with van der Waals surface area (Å²) in [6.07, 6.45) is 24.3. The molecule has 0 spiro atoms. The summed E-state index contributed by atoms with van der Waals surface area (Å²) in [6, 6.07) is 7.77.